The highest BCUT2D eigenvalue weighted by molar-refractivity contribution is 7.13. The summed E-state index contributed by atoms with van der Waals surface area (Å²) in [5.74, 6) is -0.305. The zero-order chi connectivity index (χ0) is 22.3. The number of fused-ring (bicyclic) bond motifs is 2. The normalized spacial score (nSPS) is 24.7. The molecule has 2 fully saturated rings. The second-order valence-corrected chi connectivity index (χ2v) is 9.91. The molecule has 5 rings (SSSR count). The quantitative estimate of drug-likeness (QED) is 0.522. The van der Waals surface area contributed by atoms with E-state index in [0.717, 1.165) is 41.8 Å². The fourth-order valence-electron chi connectivity index (χ4n) is 5.13. The Morgan fingerprint density at radius 3 is 2.84 bits per heavy atom. The highest BCUT2D eigenvalue weighted by atomic mass is 32.1. The van der Waals surface area contributed by atoms with Crippen LogP contribution in [0.15, 0.2) is 48.1 Å². The van der Waals surface area contributed by atoms with Crippen molar-refractivity contribution in [2.75, 3.05) is 0 Å². The predicted octanol–water partition coefficient (Wildman–Crippen LogP) is 5.40. The van der Waals surface area contributed by atoms with E-state index in [-0.39, 0.29) is 29.4 Å². The summed E-state index contributed by atoms with van der Waals surface area (Å²) in [5.41, 5.74) is 3.18. The summed E-state index contributed by atoms with van der Waals surface area (Å²) in [6, 6.07) is 9.08. The number of aryl methyl sites for hydroxylation is 1. The Morgan fingerprint density at radius 1 is 1.25 bits per heavy atom. The van der Waals surface area contributed by atoms with Crippen LogP contribution in [0, 0.1) is 12.7 Å². The molecule has 1 amide bonds. The number of benzene rings is 1. The summed E-state index contributed by atoms with van der Waals surface area (Å²) in [5, 5.41) is 2.79. The summed E-state index contributed by atoms with van der Waals surface area (Å²) >= 11 is 1.54. The maximum atomic E-state index is 14.0. The van der Waals surface area contributed by atoms with Gasteiger partial charge in [-0.15, -0.1) is 11.3 Å². The van der Waals surface area contributed by atoms with Gasteiger partial charge in [0.2, 0.25) is 0 Å². The molecule has 0 aliphatic carbocycles. The van der Waals surface area contributed by atoms with Gasteiger partial charge in [-0.25, -0.2) is 9.37 Å². The summed E-state index contributed by atoms with van der Waals surface area (Å²) < 4.78 is 19.4. The number of thiazole rings is 1. The molecule has 2 aromatic heterocycles. The van der Waals surface area contributed by atoms with Crippen LogP contribution in [-0.2, 0) is 11.3 Å². The fourth-order valence-corrected chi connectivity index (χ4v) is 5.81. The summed E-state index contributed by atoms with van der Waals surface area (Å²) in [7, 11) is 0. The average Bonchev–Trinajstić information content (AvgIpc) is 3.40. The van der Waals surface area contributed by atoms with Crippen molar-refractivity contribution in [1.82, 2.24) is 14.9 Å². The number of pyridine rings is 1. The average molecular weight is 452 g/mol. The third-order valence-electron chi connectivity index (χ3n) is 6.81. The summed E-state index contributed by atoms with van der Waals surface area (Å²) in [6.45, 7) is 4.52. The van der Waals surface area contributed by atoms with Gasteiger partial charge in [0.05, 0.1) is 36.2 Å². The van der Waals surface area contributed by atoms with Crippen LogP contribution >= 0.6 is 11.3 Å². The molecule has 2 saturated heterocycles. The van der Waals surface area contributed by atoms with E-state index < -0.39 is 0 Å². The van der Waals surface area contributed by atoms with Crippen LogP contribution in [0.5, 0.6) is 0 Å². The Bertz CT molecular complexity index is 1120. The Balaban J connectivity index is 1.42. The molecule has 0 spiro atoms. The van der Waals surface area contributed by atoms with E-state index in [0.29, 0.717) is 17.9 Å². The minimum atomic E-state index is -0.357. The molecule has 7 heteroatoms. The first-order valence-electron chi connectivity index (χ1n) is 11.0. The number of hydrogen-bond acceptors (Lipinski definition) is 5. The van der Waals surface area contributed by atoms with E-state index in [1.807, 2.05) is 30.5 Å². The van der Waals surface area contributed by atoms with Crippen LogP contribution in [0.1, 0.15) is 54.2 Å². The standard InChI is InChI=1S/C25H26FN3O2S/c1-16-3-6-19(23-27-11-12-32-23)20(13-16)24(30)29-21-7-9-25(29,2)10-8-22(21)31-15-18-5-4-17(26)14-28-18/h3-6,11-14,21-22H,7-10,15H2,1-2H3/t21?,22-,25+/m0/s1. The molecule has 1 aromatic carbocycles. The predicted molar refractivity (Wildman–Crippen MR) is 122 cm³/mol. The maximum absolute atomic E-state index is 14.0. The number of halogens is 1. The van der Waals surface area contributed by atoms with E-state index in [2.05, 4.69) is 21.8 Å². The fraction of sp³-hybridized carbons (Fsp3) is 0.400. The lowest BCUT2D eigenvalue weighted by Crippen LogP contribution is -2.57. The monoisotopic (exact) mass is 451 g/mol. The molecule has 1 unspecified atom stereocenters. The molecule has 0 saturated carbocycles. The third kappa shape index (κ3) is 3.84. The van der Waals surface area contributed by atoms with E-state index in [1.165, 1.54) is 12.3 Å². The van der Waals surface area contributed by atoms with Crippen LogP contribution in [0.2, 0.25) is 0 Å². The Hall–Kier alpha value is -2.64. The van der Waals surface area contributed by atoms with Crippen molar-refractivity contribution in [3.05, 3.63) is 70.7 Å². The van der Waals surface area contributed by atoms with Crippen molar-refractivity contribution >= 4 is 17.2 Å². The molecule has 2 aliphatic rings. The summed E-state index contributed by atoms with van der Waals surface area (Å²) in [6.07, 6.45) is 6.61. The van der Waals surface area contributed by atoms with Gasteiger partial charge in [-0.05, 0) is 57.7 Å². The Labute approximate surface area is 191 Å². The van der Waals surface area contributed by atoms with Gasteiger partial charge in [0.15, 0.2) is 0 Å². The first-order valence-corrected chi connectivity index (χ1v) is 11.9. The number of hydrogen-bond donors (Lipinski definition) is 0. The second kappa shape index (κ2) is 8.37. The lowest BCUT2D eigenvalue weighted by atomic mass is 9.88. The van der Waals surface area contributed by atoms with Gasteiger partial charge in [0, 0.05) is 22.7 Å². The highest BCUT2D eigenvalue weighted by Crippen LogP contribution is 2.46. The van der Waals surface area contributed by atoms with Crippen molar-refractivity contribution in [3.8, 4) is 10.6 Å². The minimum Gasteiger partial charge on any atom is -0.370 e. The van der Waals surface area contributed by atoms with Crippen molar-refractivity contribution in [2.45, 2.75) is 63.8 Å². The number of amides is 1. The third-order valence-corrected chi connectivity index (χ3v) is 7.62. The molecule has 2 bridgehead atoms. The lowest BCUT2D eigenvalue weighted by molar-refractivity contribution is -0.0570. The number of nitrogens with zero attached hydrogens (tertiary/aromatic N) is 3. The van der Waals surface area contributed by atoms with Crippen molar-refractivity contribution in [1.29, 1.82) is 0 Å². The number of piperidine rings is 1. The van der Waals surface area contributed by atoms with Gasteiger partial charge >= 0.3 is 0 Å². The van der Waals surface area contributed by atoms with Gasteiger partial charge < -0.3 is 9.64 Å². The van der Waals surface area contributed by atoms with Crippen molar-refractivity contribution in [2.24, 2.45) is 0 Å². The number of ether oxygens (including phenoxy) is 1. The first-order chi connectivity index (χ1) is 15.4. The molecular formula is C25H26FN3O2S. The van der Waals surface area contributed by atoms with E-state index >= 15 is 0 Å². The number of aromatic nitrogens is 2. The zero-order valence-corrected chi connectivity index (χ0v) is 19.1. The summed E-state index contributed by atoms with van der Waals surface area (Å²) in [4.78, 5) is 24.6. The molecule has 2 aliphatic heterocycles. The van der Waals surface area contributed by atoms with Gasteiger partial charge in [0.1, 0.15) is 10.8 Å². The first kappa shape index (κ1) is 21.2. The van der Waals surface area contributed by atoms with E-state index in [9.17, 15) is 9.18 Å². The number of carbonyl (C=O) groups is 1. The lowest BCUT2D eigenvalue weighted by Gasteiger charge is -2.46. The molecule has 0 N–H and O–H groups in total. The zero-order valence-electron chi connectivity index (χ0n) is 18.3. The number of carbonyl (C=O) groups excluding carboxylic acids is 1. The molecule has 166 valence electrons. The molecule has 3 aromatic rings. The molecule has 3 atom stereocenters. The van der Waals surface area contributed by atoms with Crippen molar-refractivity contribution < 1.29 is 13.9 Å². The Kier molecular flexibility index (Phi) is 5.55. The van der Waals surface area contributed by atoms with Gasteiger partial charge in [-0.1, -0.05) is 17.7 Å². The molecule has 4 heterocycles. The molecule has 0 radical (unpaired) electrons. The Morgan fingerprint density at radius 2 is 2.09 bits per heavy atom. The van der Waals surface area contributed by atoms with E-state index in [1.54, 1.807) is 23.6 Å². The number of rotatable bonds is 5. The smallest absolute Gasteiger partial charge is 0.255 e. The van der Waals surface area contributed by atoms with Gasteiger partial charge in [0.25, 0.3) is 5.91 Å². The van der Waals surface area contributed by atoms with Gasteiger partial charge in [-0.2, -0.15) is 0 Å². The van der Waals surface area contributed by atoms with Crippen LogP contribution < -0.4 is 0 Å². The van der Waals surface area contributed by atoms with Crippen LogP contribution in [0.4, 0.5) is 4.39 Å². The topological polar surface area (TPSA) is 55.3 Å². The highest BCUT2D eigenvalue weighted by Gasteiger charge is 2.52. The minimum absolute atomic E-state index is 0.0198. The van der Waals surface area contributed by atoms with Crippen LogP contribution in [0.3, 0.4) is 0 Å². The van der Waals surface area contributed by atoms with Crippen molar-refractivity contribution in [3.63, 3.8) is 0 Å². The van der Waals surface area contributed by atoms with E-state index in [4.69, 9.17) is 4.74 Å². The van der Waals surface area contributed by atoms with Crippen LogP contribution in [-0.4, -0.2) is 38.5 Å². The molecule has 32 heavy (non-hydrogen) atoms. The molecular weight excluding hydrogens is 425 g/mol. The maximum Gasteiger partial charge on any atom is 0.255 e. The molecule has 5 nitrogen and oxygen atoms in total. The van der Waals surface area contributed by atoms with Crippen LogP contribution in [0.25, 0.3) is 10.6 Å². The second-order valence-electron chi connectivity index (χ2n) is 9.02. The SMILES string of the molecule is Cc1ccc(-c2nccs2)c(C(=O)N2C3CC[C@]2(C)CC[C@@H]3OCc2ccc(F)cn2)c1. The van der Waals surface area contributed by atoms with Gasteiger partial charge in [-0.3, -0.25) is 9.78 Å². The largest absolute Gasteiger partial charge is 0.370 e.